The summed E-state index contributed by atoms with van der Waals surface area (Å²) in [7, 11) is 0. The van der Waals surface area contributed by atoms with Crippen LogP contribution in [0.15, 0.2) is 49.1 Å². The van der Waals surface area contributed by atoms with Crippen LogP contribution in [0.5, 0.6) is 0 Å². The van der Waals surface area contributed by atoms with Crippen LogP contribution < -0.4 is 0 Å². The maximum absolute atomic E-state index is 2.31. The Kier molecular flexibility index (Phi) is 25.3. The topological polar surface area (TPSA) is 9.86 Å². The maximum Gasteiger partial charge on any atom is 0.0386 e. The van der Waals surface area contributed by atoms with Gasteiger partial charge >= 0.3 is 0 Å². The summed E-state index contributed by atoms with van der Waals surface area (Å²) in [4.78, 5) is 0. The van der Waals surface area contributed by atoms with E-state index in [0.29, 0.717) is 0 Å². The van der Waals surface area contributed by atoms with Gasteiger partial charge in [0.05, 0.1) is 0 Å². The first-order valence-corrected chi connectivity index (χ1v) is 19.4. The molecule has 0 atom stereocenters. The molecule has 0 aliphatic rings. The van der Waals surface area contributed by atoms with Gasteiger partial charge in [-0.2, -0.15) is 0 Å². The minimum absolute atomic E-state index is 1.15. The van der Waals surface area contributed by atoms with Crippen molar-refractivity contribution < 1.29 is 0 Å². The van der Waals surface area contributed by atoms with Gasteiger partial charge in [0.25, 0.3) is 0 Å². The first-order valence-electron chi connectivity index (χ1n) is 19.4. The highest BCUT2D eigenvalue weighted by molar-refractivity contribution is 5.60. The summed E-state index contributed by atoms with van der Waals surface area (Å²) in [6.45, 7) is 2.31. The summed E-state index contributed by atoms with van der Waals surface area (Å²) < 4.78 is 4.43. The predicted molar refractivity (Wildman–Crippen MR) is 194 cm³/mol. The minimum Gasteiger partial charge on any atom is -0.329 e. The Labute approximate surface area is 269 Å². The molecule has 2 aromatic heterocycles. The molecule has 2 heteroatoms. The fraction of sp³-hybridized carbons (Fsp3) is 0.756. The molecule has 0 N–H and O–H groups in total. The van der Waals surface area contributed by atoms with Crippen molar-refractivity contribution in [3.8, 4) is 0 Å². The molecule has 0 saturated carbocycles. The lowest BCUT2D eigenvalue weighted by atomic mass is 10.0. The quantitative estimate of drug-likeness (QED) is 0.0748. The lowest BCUT2D eigenvalue weighted by Crippen LogP contribution is -1.96. The third kappa shape index (κ3) is 22.5. The lowest BCUT2D eigenvalue weighted by Gasteiger charge is -2.10. The molecule has 2 aromatic rings. The molecule has 0 radical (unpaired) electrons. The molecule has 246 valence electrons. The zero-order valence-electron chi connectivity index (χ0n) is 28.8. The molecule has 0 unspecified atom stereocenters. The van der Waals surface area contributed by atoms with Gasteiger partial charge in [0.15, 0.2) is 0 Å². The summed E-state index contributed by atoms with van der Waals surface area (Å²) in [6, 6.07) is 8.41. The smallest absolute Gasteiger partial charge is 0.0386 e. The Morgan fingerprint density at radius 2 is 0.651 bits per heavy atom. The molecule has 0 bridgehead atoms. The van der Waals surface area contributed by atoms with Crippen LogP contribution in [0.25, 0.3) is 11.9 Å². The van der Waals surface area contributed by atoms with E-state index in [2.05, 4.69) is 71.3 Å². The molecule has 2 rings (SSSR count). The van der Waals surface area contributed by atoms with Gasteiger partial charge in [-0.15, -0.1) is 0 Å². The first kappa shape index (κ1) is 37.5. The monoisotopic (exact) mass is 593 g/mol. The van der Waals surface area contributed by atoms with E-state index in [4.69, 9.17) is 0 Å². The van der Waals surface area contributed by atoms with Crippen molar-refractivity contribution in [2.75, 3.05) is 0 Å². The van der Waals surface area contributed by atoms with E-state index in [1.54, 1.807) is 0 Å². The van der Waals surface area contributed by atoms with Crippen LogP contribution in [0.3, 0.4) is 0 Å². The lowest BCUT2D eigenvalue weighted by molar-refractivity contribution is 0.513. The molecule has 0 aliphatic heterocycles. The zero-order chi connectivity index (χ0) is 30.3. The van der Waals surface area contributed by atoms with Crippen molar-refractivity contribution in [1.29, 1.82) is 0 Å². The molecule has 0 amide bonds. The van der Waals surface area contributed by atoms with Crippen LogP contribution in [0, 0.1) is 0 Å². The van der Waals surface area contributed by atoms with E-state index < -0.39 is 0 Å². The predicted octanol–water partition coefficient (Wildman–Crippen LogP) is 14.5. The van der Waals surface area contributed by atoms with Crippen molar-refractivity contribution >= 4 is 11.9 Å². The molecule has 0 aromatic carbocycles. The second-order valence-electron chi connectivity index (χ2n) is 13.5. The third-order valence-corrected chi connectivity index (χ3v) is 9.40. The number of aromatic nitrogens is 2. The molecule has 0 aliphatic carbocycles. The Morgan fingerprint density at radius 1 is 0.372 bits per heavy atom. The van der Waals surface area contributed by atoms with Gasteiger partial charge in [0.2, 0.25) is 0 Å². The Hall–Kier alpha value is -1.70. The Morgan fingerprint density at radius 3 is 0.977 bits per heavy atom. The van der Waals surface area contributed by atoms with Crippen molar-refractivity contribution in [3.63, 3.8) is 0 Å². The van der Waals surface area contributed by atoms with Gasteiger partial charge < -0.3 is 9.13 Å². The fourth-order valence-electron chi connectivity index (χ4n) is 6.54. The fourth-order valence-corrected chi connectivity index (χ4v) is 6.54. The second kappa shape index (κ2) is 29.0. The molecular weight excluding hydrogens is 520 g/mol. The number of hydrogen-bond acceptors (Lipinski definition) is 0. The van der Waals surface area contributed by atoms with Gasteiger partial charge in [0.1, 0.15) is 0 Å². The summed E-state index contributed by atoms with van der Waals surface area (Å²) in [5, 5.41) is 0. The summed E-state index contributed by atoms with van der Waals surface area (Å²) in [5.41, 5.74) is 1.38. The molecule has 2 nitrogen and oxygen atoms in total. The van der Waals surface area contributed by atoms with Gasteiger partial charge in [-0.05, 0) is 37.1 Å². The average Bonchev–Trinajstić information content (AvgIpc) is 3.75. The van der Waals surface area contributed by atoms with Crippen molar-refractivity contribution in [2.45, 2.75) is 200 Å². The van der Waals surface area contributed by atoms with Gasteiger partial charge in [-0.3, -0.25) is 0 Å². The van der Waals surface area contributed by atoms with Gasteiger partial charge in [-0.25, -0.2) is 0 Å². The van der Waals surface area contributed by atoms with E-state index in [-0.39, 0.29) is 0 Å². The van der Waals surface area contributed by atoms with Gasteiger partial charge in [-0.1, -0.05) is 187 Å². The molecule has 0 spiro atoms. The zero-order valence-corrected chi connectivity index (χ0v) is 28.8. The SMILES string of the molecule is CCCCCCCCCCCCCCCCCCCCCCCCCCCCCCCC(=Cn1cccc1)n1cccc1. The third-order valence-electron chi connectivity index (χ3n) is 9.40. The van der Waals surface area contributed by atoms with Crippen LogP contribution in [-0.2, 0) is 0 Å². The molecular formula is C41H72N2. The Bertz CT molecular complexity index is 816. The van der Waals surface area contributed by atoms with Gasteiger partial charge in [0, 0.05) is 36.7 Å². The molecule has 43 heavy (non-hydrogen) atoms. The highest BCUT2D eigenvalue weighted by atomic mass is 15.0. The number of allylic oxidation sites excluding steroid dienone is 1. The number of unbranched alkanes of at least 4 members (excludes halogenated alkanes) is 28. The summed E-state index contributed by atoms with van der Waals surface area (Å²) in [6.07, 6.45) is 54.1. The minimum atomic E-state index is 1.15. The number of rotatable bonds is 32. The summed E-state index contributed by atoms with van der Waals surface area (Å²) in [5.74, 6) is 0. The molecule has 2 heterocycles. The van der Waals surface area contributed by atoms with E-state index in [0.717, 1.165) is 6.42 Å². The highest BCUT2D eigenvalue weighted by Crippen LogP contribution is 2.19. The number of hydrogen-bond donors (Lipinski definition) is 0. The summed E-state index contributed by atoms with van der Waals surface area (Å²) >= 11 is 0. The van der Waals surface area contributed by atoms with E-state index in [9.17, 15) is 0 Å². The van der Waals surface area contributed by atoms with Crippen molar-refractivity contribution in [2.24, 2.45) is 0 Å². The Balaban J connectivity index is 1.23. The van der Waals surface area contributed by atoms with E-state index in [1.165, 1.54) is 192 Å². The highest BCUT2D eigenvalue weighted by Gasteiger charge is 2.01. The molecule has 0 saturated heterocycles. The average molecular weight is 593 g/mol. The van der Waals surface area contributed by atoms with Crippen LogP contribution >= 0.6 is 0 Å². The van der Waals surface area contributed by atoms with Crippen LogP contribution in [0.1, 0.15) is 200 Å². The van der Waals surface area contributed by atoms with Crippen LogP contribution in [-0.4, -0.2) is 9.13 Å². The second-order valence-corrected chi connectivity index (χ2v) is 13.5. The van der Waals surface area contributed by atoms with Crippen molar-refractivity contribution in [3.05, 3.63) is 49.1 Å². The first-order chi connectivity index (χ1) is 21.4. The van der Waals surface area contributed by atoms with Crippen molar-refractivity contribution in [1.82, 2.24) is 9.13 Å². The largest absolute Gasteiger partial charge is 0.329 e. The van der Waals surface area contributed by atoms with E-state index in [1.807, 2.05) is 0 Å². The van der Waals surface area contributed by atoms with E-state index >= 15 is 0 Å². The van der Waals surface area contributed by atoms with Crippen LogP contribution in [0.2, 0.25) is 0 Å². The normalized spacial score (nSPS) is 12.0. The van der Waals surface area contributed by atoms with Crippen LogP contribution in [0.4, 0.5) is 0 Å². The standard InChI is InChI=1S/C41H72N2/c1-2-3-4-5-6-7-8-9-10-11-12-13-14-15-16-17-18-19-20-21-22-23-24-25-26-27-28-29-30-35-41(43-38-33-34-39-43)40-42-36-31-32-37-42/h31-34,36-40H,2-30,35H2,1H3. The number of nitrogens with zero attached hydrogens (tertiary/aromatic N) is 2. The maximum atomic E-state index is 2.31. The molecule has 0 fully saturated rings.